The van der Waals surface area contributed by atoms with Crippen LogP contribution in [0.4, 0.5) is 0 Å². The Labute approximate surface area is 155 Å². The van der Waals surface area contributed by atoms with Crippen molar-refractivity contribution < 1.29 is 14.7 Å². The summed E-state index contributed by atoms with van der Waals surface area (Å²) in [6, 6.07) is 6.86. The summed E-state index contributed by atoms with van der Waals surface area (Å²) >= 11 is 0. The van der Waals surface area contributed by atoms with Gasteiger partial charge in [-0.05, 0) is 43.4 Å². The lowest BCUT2D eigenvalue weighted by Crippen LogP contribution is -2.31. The van der Waals surface area contributed by atoms with Crippen LogP contribution in [0.5, 0.6) is 0 Å². The van der Waals surface area contributed by atoms with Gasteiger partial charge in [-0.3, -0.25) is 9.59 Å². The van der Waals surface area contributed by atoms with Crippen LogP contribution in [0.2, 0.25) is 0 Å². The Kier molecular flexibility index (Phi) is 4.97. The van der Waals surface area contributed by atoms with Crippen LogP contribution in [0.25, 0.3) is 5.76 Å². The number of carbonyl (C=O) groups excluding carboxylic acids is 2. The highest BCUT2D eigenvalue weighted by atomic mass is 16.3. The van der Waals surface area contributed by atoms with Crippen molar-refractivity contribution in [2.24, 2.45) is 17.8 Å². The molecule has 3 nitrogen and oxygen atoms in total. The Balaban J connectivity index is 1.44. The first-order valence-corrected chi connectivity index (χ1v) is 10.3. The second-order valence-electron chi connectivity index (χ2n) is 8.32. The van der Waals surface area contributed by atoms with E-state index in [9.17, 15) is 14.7 Å². The fourth-order valence-electron chi connectivity index (χ4n) is 5.62. The van der Waals surface area contributed by atoms with Gasteiger partial charge in [-0.2, -0.15) is 0 Å². The van der Waals surface area contributed by atoms with Gasteiger partial charge in [-0.15, -0.1) is 0 Å². The van der Waals surface area contributed by atoms with E-state index in [1.165, 1.54) is 44.9 Å². The molecule has 1 aromatic rings. The summed E-state index contributed by atoms with van der Waals surface area (Å²) in [5, 5.41) is 10.5. The third kappa shape index (κ3) is 3.13. The maximum absolute atomic E-state index is 12.4. The van der Waals surface area contributed by atoms with Gasteiger partial charge in [0.25, 0.3) is 0 Å². The normalized spacial score (nSPS) is 28.7. The van der Waals surface area contributed by atoms with Crippen LogP contribution >= 0.6 is 0 Å². The summed E-state index contributed by atoms with van der Waals surface area (Å²) < 4.78 is 0. The van der Waals surface area contributed by atoms with Gasteiger partial charge in [0.05, 0.1) is 0 Å². The van der Waals surface area contributed by atoms with Crippen LogP contribution < -0.4 is 0 Å². The summed E-state index contributed by atoms with van der Waals surface area (Å²) in [4.78, 5) is 24.8. The molecule has 3 heteroatoms. The van der Waals surface area contributed by atoms with Crippen molar-refractivity contribution in [3.63, 3.8) is 0 Å². The number of Topliss-reactive ketones (excluding diaryl/α,β-unsaturated/α-hetero) is 2. The van der Waals surface area contributed by atoms with Crippen molar-refractivity contribution in [2.45, 2.75) is 64.2 Å². The number of fused-ring (bicyclic) bond motifs is 2. The molecule has 138 valence electrons. The molecule has 0 aliphatic heterocycles. The fraction of sp³-hybridized carbons (Fsp3) is 0.565. The molecule has 4 rings (SSSR count). The predicted octanol–water partition coefficient (Wildman–Crippen LogP) is 5.50. The van der Waals surface area contributed by atoms with E-state index in [2.05, 4.69) is 0 Å². The summed E-state index contributed by atoms with van der Waals surface area (Å²) in [6.07, 6.45) is 12.1. The number of ketones is 2. The number of aliphatic hydroxyl groups excluding tert-OH is 1. The first-order chi connectivity index (χ1) is 12.7. The summed E-state index contributed by atoms with van der Waals surface area (Å²) in [5.41, 5.74) is 1.16. The molecule has 0 spiro atoms. The zero-order valence-corrected chi connectivity index (χ0v) is 15.4. The number of rotatable bonds is 4. The molecule has 3 atom stereocenters. The third-order valence-corrected chi connectivity index (χ3v) is 6.92. The first-order valence-electron chi connectivity index (χ1n) is 10.3. The standard InChI is InChI=1S/C23H28O3/c24-21-18-12-3-4-13-19(18)22(25)23(26)20(21)14-6-10-16-9-5-8-15-7-1-2-11-17(15)16/h3-4,12-13,15-17,24H,1-2,5-11,14H2/t15-,16+,17-/m0/s1. The van der Waals surface area contributed by atoms with Gasteiger partial charge in [0, 0.05) is 16.7 Å². The van der Waals surface area contributed by atoms with Crippen LogP contribution in [0.1, 0.15) is 80.1 Å². The van der Waals surface area contributed by atoms with Crippen molar-refractivity contribution in [3.05, 3.63) is 41.0 Å². The molecule has 3 aliphatic rings. The Morgan fingerprint density at radius 3 is 2.46 bits per heavy atom. The number of carbonyl (C=O) groups is 2. The molecule has 2 saturated carbocycles. The Morgan fingerprint density at radius 2 is 1.62 bits per heavy atom. The molecule has 3 aliphatic carbocycles. The molecule has 1 aromatic carbocycles. The number of hydrogen-bond donors (Lipinski definition) is 1. The van der Waals surface area contributed by atoms with Crippen LogP contribution in [-0.2, 0) is 4.79 Å². The monoisotopic (exact) mass is 352 g/mol. The molecule has 0 saturated heterocycles. The van der Waals surface area contributed by atoms with Crippen LogP contribution in [-0.4, -0.2) is 16.7 Å². The van der Waals surface area contributed by atoms with Gasteiger partial charge < -0.3 is 5.11 Å². The van der Waals surface area contributed by atoms with Gasteiger partial charge in [0.2, 0.25) is 11.6 Å². The second-order valence-corrected chi connectivity index (χ2v) is 8.32. The average molecular weight is 352 g/mol. The molecule has 26 heavy (non-hydrogen) atoms. The van der Waals surface area contributed by atoms with Crippen molar-refractivity contribution in [1.29, 1.82) is 0 Å². The van der Waals surface area contributed by atoms with Crippen molar-refractivity contribution in [3.8, 4) is 0 Å². The summed E-state index contributed by atoms with van der Waals surface area (Å²) in [7, 11) is 0. The molecule has 0 bridgehead atoms. The first kappa shape index (κ1) is 17.5. The van der Waals surface area contributed by atoms with Crippen LogP contribution in [0, 0.1) is 17.8 Å². The van der Waals surface area contributed by atoms with Gasteiger partial charge in [-0.1, -0.05) is 62.8 Å². The zero-order chi connectivity index (χ0) is 18.1. The van der Waals surface area contributed by atoms with E-state index in [1.54, 1.807) is 24.3 Å². The van der Waals surface area contributed by atoms with Crippen molar-refractivity contribution in [1.82, 2.24) is 0 Å². The number of hydrogen-bond acceptors (Lipinski definition) is 3. The summed E-state index contributed by atoms with van der Waals surface area (Å²) in [6.45, 7) is 0. The molecule has 0 amide bonds. The van der Waals surface area contributed by atoms with Crippen molar-refractivity contribution in [2.75, 3.05) is 0 Å². The Bertz CT molecular complexity index is 744. The van der Waals surface area contributed by atoms with Crippen LogP contribution in [0.3, 0.4) is 0 Å². The van der Waals surface area contributed by atoms with Gasteiger partial charge in [0.15, 0.2) is 0 Å². The topological polar surface area (TPSA) is 54.4 Å². The number of benzene rings is 1. The average Bonchev–Trinajstić information content (AvgIpc) is 2.69. The molecule has 0 heterocycles. The highest BCUT2D eigenvalue weighted by Gasteiger charge is 2.35. The lowest BCUT2D eigenvalue weighted by molar-refractivity contribution is -0.112. The van der Waals surface area contributed by atoms with Crippen LogP contribution in [0.15, 0.2) is 29.8 Å². The van der Waals surface area contributed by atoms with Crippen molar-refractivity contribution >= 4 is 17.3 Å². The smallest absolute Gasteiger partial charge is 0.234 e. The van der Waals surface area contributed by atoms with E-state index >= 15 is 0 Å². The lowest BCUT2D eigenvalue weighted by Gasteiger charge is -2.41. The van der Waals surface area contributed by atoms with E-state index in [1.807, 2.05) is 0 Å². The highest BCUT2D eigenvalue weighted by Crippen LogP contribution is 2.45. The SMILES string of the molecule is O=C1C(=O)c2ccccc2C(O)=C1CCC[C@H]1CCC[C@@H]2CCCC[C@@H]21. The Morgan fingerprint density at radius 1 is 0.885 bits per heavy atom. The van der Waals surface area contributed by atoms with Gasteiger partial charge >= 0.3 is 0 Å². The van der Waals surface area contributed by atoms with Gasteiger partial charge in [-0.25, -0.2) is 0 Å². The molecule has 2 fully saturated rings. The third-order valence-electron chi connectivity index (χ3n) is 6.92. The molecule has 0 aromatic heterocycles. The van der Waals surface area contributed by atoms with E-state index in [-0.39, 0.29) is 5.76 Å². The number of aliphatic hydroxyl groups is 1. The minimum atomic E-state index is -0.514. The second kappa shape index (κ2) is 7.38. The lowest BCUT2D eigenvalue weighted by atomic mass is 9.64. The highest BCUT2D eigenvalue weighted by molar-refractivity contribution is 6.52. The molecular weight excluding hydrogens is 324 g/mol. The predicted molar refractivity (Wildman–Crippen MR) is 102 cm³/mol. The maximum Gasteiger partial charge on any atom is 0.234 e. The van der Waals surface area contributed by atoms with Gasteiger partial charge in [0.1, 0.15) is 5.76 Å². The largest absolute Gasteiger partial charge is 0.507 e. The zero-order valence-electron chi connectivity index (χ0n) is 15.4. The minimum Gasteiger partial charge on any atom is -0.507 e. The number of allylic oxidation sites excluding steroid dienone is 1. The molecular formula is C23H28O3. The van der Waals surface area contributed by atoms with E-state index in [0.29, 0.717) is 23.1 Å². The van der Waals surface area contributed by atoms with E-state index < -0.39 is 11.6 Å². The quantitative estimate of drug-likeness (QED) is 0.728. The molecule has 0 radical (unpaired) electrons. The minimum absolute atomic E-state index is 0.0180. The molecule has 0 unspecified atom stereocenters. The molecule has 1 N–H and O–H groups in total. The summed E-state index contributed by atoms with van der Waals surface area (Å²) in [5.74, 6) is 1.58. The fourth-order valence-corrected chi connectivity index (χ4v) is 5.62. The Hall–Kier alpha value is -1.90. The van der Waals surface area contributed by atoms with E-state index in [4.69, 9.17) is 0 Å². The van der Waals surface area contributed by atoms with E-state index in [0.717, 1.165) is 30.6 Å². The maximum atomic E-state index is 12.4.